The minimum atomic E-state index is -0.601. The standard InChI is InChI=1S/C49H31NO/c1-4-18-36-32(13-1)16-11-24-44(36)50(45-25-12-17-33-14-2-5-19-37(33)45)35-28-29-40-39-21-7-8-22-41(39)49(43(40)31-35)42-23-9-10-26-46(42)51-47-30-27-34-15-3-6-20-38(34)48(47)49/h1-31H. The lowest BCUT2D eigenvalue weighted by Gasteiger charge is -2.40. The zero-order valence-corrected chi connectivity index (χ0v) is 27.8. The second kappa shape index (κ2) is 10.7. The quantitative estimate of drug-likeness (QED) is 0.189. The van der Waals surface area contributed by atoms with Gasteiger partial charge in [-0.25, -0.2) is 0 Å². The van der Waals surface area contributed by atoms with E-state index in [4.69, 9.17) is 4.74 Å². The SMILES string of the molecule is c1ccc2c(c1)Oc1ccc3ccccc3c1C21c2ccccc2-c2ccc(N(c3cccc4ccccc34)c3cccc4ccccc34)cc21. The van der Waals surface area contributed by atoms with E-state index in [0.717, 1.165) is 28.6 Å². The Morgan fingerprint density at radius 1 is 0.373 bits per heavy atom. The first-order valence-electron chi connectivity index (χ1n) is 17.6. The van der Waals surface area contributed by atoms with Crippen molar-refractivity contribution in [2.45, 2.75) is 5.41 Å². The summed E-state index contributed by atoms with van der Waals surface area (Å²) < 4.78 is 6.80. The summed E-state index contributed by atoms with van der Waals surface area (Å²) in [6.07, 6.45) is 0. The minimum Gasteiger partial charge on any atom is -0.457 e. The number of hydrogen-bond donors (Lipinski definition) is 0. The fourth-order valence-electron chi connectivity index (χ4n) is 9.02. The van der Waals surface area contributed by atoms with Crippen LogP contribution in [0, 0.1) is 0 Å². The Morgan fingerprint density at radius 3 is 1.65 bits per heavy atom. The van der Waals surface area contributed by atoms with Gasteiger partial charge in [0.25, 0.3) is 0 Å². The summed E-state index contributed by atoms with van der Waals surface area (Å²) in [5.41, 5.74) is 10.2. The van der Waals surface area contributed by atoms with E-state index < -0.39 is 5.41 Å². The van der Waals surface area contributed by atoms with Gasteiger partial charge in [-0.3, -0.25) is 0 Å². The molecule has 1 aliphatic carbocycles. The van der Waals surface area contributed by atoms with Crippen molar-refractivity contribution in [2.75, 3.05) is 4.90 Å². The number of ether oxygens (including phenoxy) is 1. The summed E-state index contributed by atoms with van der Waals surface area (Å²) in [4.78, 5) is 2.47. The highest BCUT2D eigenvalue weighted by Gasteiger charge is 2.52. The van der Waals surface area contributed by atoms with E-state index >= 15 is 0 Å². The van der Waals surface area contributed by atoms with Crippen molar-refractivity contribution in [1.82, 2.24) is 0 Å². The van der Waals surface area contributed by atoms with Gasteiger partial charge in [0.05, 0.1) is 16.8 Å². The van der Waals surface area contributed by atoms with Gasteiger partial charge in [0.15, 0.2) is 0 Å². The Bertz CT molecular complexity index is 2780. The fourth-order valence-corrected chi connectivity index (χ4v) is 9.02. The number of rotatable bonds is 3. The van der Waals surface area contributed by atoms with Crippen LogP contribution in [0.5, 0.6) is 11.5 Å². The number of fused-ring (bicyclic) bond motifs is 13. The van der Waals surface area contributed by atoms with Gasteiger partial charge in [0, 0.05) is 27.6 Å². The second-order valence-electron chi connectivity index (χ2n) is 13.6. The molecule has 0 saturated carbocycles. The molecule has 51 heavy (non-hydrogen) atoms. The van der Waals surface area contributed by atoms with Crippen molar-refractivity contribution in [2.24, 2.45) is 0 Å². The molecule has 1 atom stereocenters. The molecule has 0 radical (unpaired) electrons. The maximum absolute atomic E-state index is 6.80. The van der Waals surface area contributed by atoms with Crippen LogP contribution in [-0.2, 0) is 5.41 Å². The minimum absolute atomic E-state index is 0.601. The predicted molar refractivity (Wildman–Crippen MR) is 211 cm³/mol. The Balaban J connectivity index is 1.28. The average molecular weight is 650 g/mol. The molecule has 0 amide bonds. The molecular weight excluding hydrogens is 619 g/mol. The molecule has 9 aromatic rings. The van der Waals surface area contributed by atoms with Gasteiger partial charge < -0.3 is 9.64 Å². The molecule has 238 valence electrons. The highest BCUT2D eigenvalue weighted by Crippen LogP contribution is 2.64. The molecule has 1 heterocycles. The highest BCUT2D eigenvalue weighted by atomic mass is 16.5. The number of hydrogen-bond acceptors (Lipinski definition) is 2. The molecule has 1 spiro atoms. The van der Waals surface area contributed by atoms with Crippen molar-refractivity contribution in [1.29, 1.82) is 0 Å². The van der Waals surface area contributed by atoms with Crippen LogP contribution >= 0.6 is 0 Å². The first-order valence-corrected chi connectivity index (χ1v) is 17.6. The summed E-state index contributed by atoms with van der Waals surface area (Å²) in [7, 11) is 0. The van der Waals surface area contributed by atoms with Crippen LogP contribution in [0.3, 0.4) is 0 Å². The summed E-state index contributed by atoms with van der Waals surface area (Å²) in [5, 5.41) is 7.25. The highest BCUT2D eigenvalue weighted by molar-refractivity contribution is 6.05. The molecular formula is C49H31NO. The molecule has 0 saturated heterocycles. The molecule has 0 aromatic heterocycles. The van der Waals surface area contributed by atoms with Crippen LogP contribution in [0.2, 0.25) is 0 Å². The van der Waals surface area contributed by atoms with E-state index in [0.29, 0.717) is 0 Å². The van der Waals surface area contributed by atoms with E-state index in [1.54, 1.807) is 0 Å². The van der Waals surface area contributed by atoms with Gasteiger partial charge in [0.2, 0.25) is 0 Å². The van der Waals surface area contributed by atoms with Crippen molar-refractivity contribution < 1.29 is 4.74 Å². The van der Waals surface area contributed by atoms with Crippen molar-refractivity contribution in [3.63, 3.8) is 0 Å². The molecule has 2 aliphatic rings. The zero-order valence-electron chi connectivity index (χ0n) is 27.8. The van der Waals surface area contributed by atoms with E-state index in [-0.39, 0.29) is 0 Å². The fraction of sp³-hybridized carbons (Fsp3) is 0.0204. The molecule has 11 rings (SSSR count). The normalized spacial score (nSPS) is 15.3. The average Bonchev–Trinajstić information content (AvgIpc) is 3.48. The summed E-state index contributed by atoms with van der Waals surface area (Å²) >= 11 is 0. The molecule has 0 fully saturated rings. The van der Waals surface area contributed by atoms with Crippen LogP contribution in [0.15, 0.2) is 188 Å². The first kappa shape index (κ1) is 28.2. The van der Waals surface area contributed by atoms with Gasteiger partial charge in [0.1, 0.15) is 11.5 Å². The van der Waals surface area contributed by atoms with Gasteiger partial charge in [-0.1, -0.05) is 152 Å². The molecule has 2 nitrogen and oxygen atoms in total. The van der Waals surface area contributed by atoms with Crippen LogP contribution in [0.25, 0.3) is 43.4 Å². The van der Waals surface area contributed by atoms with Gasteiger partial charge in [-0.05, 0) is 80.2 Å². The largest absolute Gasteiger partial charge is 0.457 e. The van der Waals surface area contributed by atoms with Crippen LogP contribution in [0.1, 0.15) is 22.3 Å². The van der Waals surface area contributed by atoms with E-state index in [9.17, 15) is 0 Å². The Hall–Kier alpha value is -6.64. The monoisotopic (exact) mass is 649 g/mol. The van der Waals surface area contributed by atoms with Crippen molar-refractivity contribution in [3.05, 3.63) is 210 Å². The van der Waals surface area contributed by atoms with Crippen LogP contribution < -0.4 is 9.64 Å². The number of anilines is 3. The van der Waals surface area contributed by atoms with Crippen molar-refractivity contribution >= 4 is 49.4 Å². The molecule has 1 aliphatic heterocycles. The predicted octanol–water partition coefficient (Wildman–Crippen LogP) is 13.1. The van der Waals surface area contributed by atoms with Gasteiger partial charge in [-0.15, -0.1) is 0 Å². The third-order valence-electron chi connectivity index (χ3n) is 11.1. The molecule has 9 aromatic carbocycles. The summed E-state index contributed by atoms with van der Waals surface area (Å²) in [6.45, 7) is 0. The topological polar surface area (TPSA) is 12.5 Å². The van der Waals surface area contributed by atoms with Crippen LogP contribution in [-0.4, -0.2) is 0 Å². The number of para-hydroxylation sites is 1. The van der Waals surface area contributed by atoms with E-state index in [2.05, 4.69) is 193 Å². The first-order chi connectivity index (χ1) is 25.3. The molecule has 1 unspecified atom stereocenters. The molecule has 0 N–H and O–H groups in total. The van der Waals surface area contributed by atoms with Gasteiger partial charge >= 0.3 is 0 Å². The lowest BCUT2D eigenvalue weighted by atomic mass is 9.65. The lowest BCUT2D eigenvalue weighted by Crippen LogP contribution is -2.32. The lowest BCUT2D eigenvalue weighted by molar-refractivity contribution is 0.438. The van der Waals surface area contributed by atoms with Crippen LogP contribution in [0.4, 0.5) is 17.1 Å². The third-order valence-corrected chi connectivity index (χ3v) is 11.1. The summed E-state index contributed by atoms with van der Waals surface area (Å²) in [6, 6.07) is 68.5. The summed E-state index contributed by atoms with van der Waals surface area (Å²) in [5.74, 6) is 1.80. The maximum atomic E-state index is 6.80. The maximum Gasteiger partial charge on any atom is 0.132 e. The number of benzene rings is 9. The molecule has 2 heteroatoms. The smallest absolute Gasteiger partial charge is 0.132 e. The Labute approximate surface area is 296 Å². The van der Waals surface area contributed by atoms with E-state index in [1.807, 2.05) is 0 Å². The zero-order chi connectivity index (χ0) is 33.5. The Morgan fingerprint density at radius 2 is 0.922 bits per heavy atom. The van der Waals surface area contributed by atoms with Gasteiger partial charge in [-0.2, -0.15) is 0 Å². The van der Waals surface area contributed by atoms with E-state index in [1.165, 1.54) is 65.7 Å². The second-order valence-corrected chi connectivity index (χ2v) is 13.6. The third kappa shape index (κ3) is 3.87. The molecule has 0 bridgehead atoms. The number of nitrogens with zero attached hydrogens (tertiary/aromatic N) is 1. The van der Waals surface area contributed by atoms with Crippen molar-refractivity contribution in [3.8, 4) is 22.6 Å². The Kier molecular flexibility index (Phi) is 5.91.